The van der Waals surface area contributed by atoms with Crippen molar-refractivity contribution in [3.05, 3.63) is 49.4 Å². The Hall–Kier alpha value is -2.22. The Morgan fingerprint density at radius 3 is 2.48 bits per heavy atom. The molecule has 1 atom stereocenters. The van der Waals surface area contributed by atoms with E-state index in [2.05, 4.69) is 16.5 Å². The fraction of sp³-hybridized carbons (Fsp3) is 0.458. The average Bonchev–Trinajstić information content (AvgIpc) is 3.54. The molecule has 0 radical (unpaired) electrons. The second-order valence-electron chi connectivity index (χ2n) is 7.46. The van der Waals surface area contributed by atoms with Crippen molar-refractivity contribution in [2.45, 2.75) is 56.2 Å². The van der Waals surface area contributed by atoms with E-state index in [9.17, 15) is 5.11 Å². The number of aromatic nitrogens is 2. The van der Waals surface area contributed by atoms with Crippen LogP contribution < -0.4 is 0 Å². The molecule has 7 heteroatoms. The lowest BCUT2D eigenvalue weighted by atomic mass is 10.1. The first-order valence-electron chi connectivity index (χ1n) is 10.9. The molecule has 3 rings (SSSR count). The van der Waals surface area contributed by atoms with Crippen molar-refractivity contribution in [1.29, 1.82) is 0 Å². The molecule has 2 N–H and O–H groups in total. The van der Waals surface area contributed by atoms with E-state index in [0.29, 0.717) is 41.3 Å². The molecule has 0 saturated heterocycles. The van der Waals surface area contributed by atoms with Crippen LogP contribution in [0.5, 0.6) is 0 Å². The second-order valence-corrected chi connectivity index (χ2v) is 8.47. The highest BCUT2D eigenvalue weighted by Crippen LogP contribution is 2.33. The predicted octanol–water partition coefficient (Wildman–Crippen LogP) is 6.32. The molecule has 31 heavy (non-hydrogen) atoms. The largest absolute Gasteiger partial charge is 0.463 e. The summed E-state index contributed by atoms with van der Waals surface area (Å²) in [7, 11) is 0. The smallest absolute Gasteiger partial charge is 0.166 e. The molecular weight excluding hydrogens is 412 g/mol. The van der Waals surface area contributed by atoms with E-state index in [1.165, 1.54) is 43.9 Å². The molecule has 0 spiro atoms. The van der Waals surface area contributed by atoms with Gasteiger partial charge in [-0.05, 0) is 43.5 Å². The second kappa shape index (κ2) is 13.2. The molecule has 3 heterocycles. The molecule has 6 nitrogen and oxygen atoms in total. The molecule has 0 aliphatic carbocycles. The zero-order valence-corrected chi connectivity index (χ0v) is 18.7. The summed E-state index contributed by atoms with van der Waals surface area (Å²) in [6.45, 7) is 4.78. The van der Waals surface area contributed by atoms with Crippen LogP contribution in [0.3, 0.4) is 0 Å². The van der Waals surface area contributed by atoms with Crippen LogP contribution in [-0.4, -0.2) is 40.1 Å². The van der Waals surface area contributed by atoms with Crippen LogP contribution in [0.1, 0.15) is 44.9 Å². The van der Waals surface area contributed by atoms with Gasteiger partial charge >= 0.3 is 0 Å². The Balaban J connectivity index is 1.36. The maximum Gasteiger partial charge on any atom is 0.166 e. The number of hydrogen-bond donors (Lipinski definition) is 2. The van der Waals surface area contributed by atoms with Crippen molar-refractivity contribution in [3.8, 4) is 22.9 Å². The van der Waals surface area contributed by atoms with Crippen LogP contribution in [0.2, 0.25) is 0 Å². The third-order valence-corrected chi connectivity index (χ3v) is 5.89. The third kappa shape index (κ3) is 7.76. The third-order valence-electron chi connectivity index (χ3n) is 4.87. The summed E-state index contributed by atoms with van der Waals surface area (Å²) in [6.07, 6.45) is 13.0. The maximum atomic E-state index is 10.2. The summed E-state index contributed by atoms with van der Waals surface area (Å²) in [5.74, 6) is 1.85. The topological polar surface area (TPSA) is 84.4 Å². The number of unbranched alkanes of at least 4 members (excludes halogenated alkanes) is 6. The van der Waals surface area contributed by atoms with Crippen molar-refractivity contribution in [2.24, 2.45) is 0 Å². The zero-order chi connectivity index (χ0) is 21.7. The maximum absolute atomic E-state index is 10.2. The van der Waals surface area contributed by atoms with Crippen LogP contribution in [0, 0.1) is 0 Å². The molecule has 1 unspecified atom stereocenters. The molecule has 0 bridgehead atoms. The normalized spacial score (nSPS) is 12.3. The van der Waals surface area contributed by atoms with Gasteiger partial charge in [-0.25, -0.2) is 4.98 Å². The van der Waals surface area contributed by atoms with Crippen LogP contribution in [-0.2, 0) is 4.74 Å². The Morgan fingerprint density at radius 2 is 1.77 bits per heavy atom. The van der Waals surface area contributed by atoms with Gasteiger partial charge in [0.2, 0.25) is 0 Å². The van der Waals surface area contributed by atoms with E-state index < -0.39 is 6.10 Å². The van der Waals surface area contributed by atoms with Gasteiger partial charge in [-0.1, -0.05) is 43.5 Å². The molecule has 0 fully saturated rings. The number of furan rings is 2. The molecule has 0 saturated carbocycles. The minimum Gasteiger partial charge on any atom is -0.463 e. The van der Waals surface area contributed by atoms with Crippen molar-refractivity contribution in [1.82, 2.24) is 9.97 Å². The van der Waals surface area contributed by atoms with E-state index >= 15 is 0 Å². The molecular formula is C24H32N2O4S. The number of thioether (sulfide) groups is 1. The minimum atomic E-state index is -0.548. The van der Waals surface area contributed by atoms with Crippen molar-refractivity contribution < 1.29 is 18.7 Å². The van der Waals surface area contributed by atoms with Gasteiger partial charge in [0.1, 0.15) is 11.4 Å². The van der Waals surface area contributed by atoms with Gasteiger partial charge in [-0.2, -0.15) is 0 Å². The average molecular weight is 445 g/mol. The Kier molecular flexibility index (Phi) is 10.0. The lowest BCUT2D eigenvalue weighted by Gasteiger charge is -2.10. The Morgan fingerprint density at radius 1 is 1.06 bits per heavy atom. The first-order valence-corrected chi connectivity index (χ1v) is 11.9. The first-order chi connectivity index (χ1) is 15.3. The van der Waals surface area contributed by atoms with Crippen molar-refractivity contribution in [3.63, 3.8) is 0 Å². The lowest BCUT2D eigenvalue weighted by molar-refractivity contribution is 0.0467. The highest BCUT2D eigenvalue weighted by atomic mass is 32.2. The standard InChI is InChI=1S/C24H32N2O4S/c1-2-3-4-5-6-7-8-9-14-28-17-19(27)18-31-24-25-22(20-12-10-15-29-20)23(26-24)21-13-11-16-30-21/h2,10-13,15-16,19,27H,1,3-9,14,17-18H2,(H,25,26). The molecule has 0 amide bonds. The van der Waals surface area contributed by atoms with Gasteiger partial charge in [0.25, 0.3) is 0 Å². The zero-order valence-electron chi connectivity index (χ0n) is 17.9. The van der Waals surface area contributed by atoms with E-state index in [0.717, 1.165) is 18.5 Å². The molecule has 0 aromatic carbocycles. The SMILES string of the molecule is C=CCCCCCCCCOCC(O)CSc1nc(-c2ccco2)c(-c2ccco2)[nH]1. The number of nitrogens with zero attached hydrogens (tertiary/aromatic N) is 1. The number of rotatable bonds is 16. The van der Waals surface area contributed by atoms with Gasteiger partial charge in [0.15, 0.2) is 16.7 Å². The number of H-pyrrole nitrogens is 1. The van der Waals surface area contributed by atoms with Gasteiger partial charge < -0.3 is 23.7 Å². The summed E-state index contributed by atoms with van der Waals surface area (Å²) in [6, 6.07) is 7.39. The van der Waals surface area contributed by atoms with Crippen LogP contribution in [0.4, 0.5) is 0 Å². The number of nitrogens with one attached hydrogen (secondary N) is 1. The van der Waals surface area contributed by atoms with E-state index in [1.54, 1.807) is 12.5 Å². The van der Waals surface area contributed by atoms with E-state index in [-0.39, 0.29) is 0 Å². The van der Waals surface area contributed by atoms with Crippen molar-refractivity contribution in [2.75, 3.05) is 19.0 Å². The molecule has 0 aliphatic rings. The molecule has 0 aliphatic heterocycles. The summed E-state index contributed by atoms with van der Waals surface area (Å²) in [4.78, 5) is 7.91. The van der Waals surface area contributed by atoms with E-state index in [4.69, 9.17) is 13.6 Å². The highest BCUT2D eigenvalue weighted by Gasteiger charge is 2.19. The summed E-state index contributed by atoms with van der Waals surface area (Å²) in [5.41, 5.74) is 1.45. The fourth-order valence-electron chi connectivity index (χ4n) is 3.25. The van der Waals surface area contributed by atoms with Crippen LogP contribution in [0.25, 0.3) is 22.9 Å². The number of allylic oxidation sites excluding steroid dienone is 1. The first kappa shape index (κ1) is 23.4. The summed E-state index contributed by atoms with van der Waals surface area (Å²) in [5, 5.41) is 10.9. The van der Waals surface area contributed by atoms with Gasteiger partial charge in [0, 0.05) is 12.4 Å². The molecule has 3 aromatic rings. The molecule has 3 aromatic heterocycles. The fourth-order valence-corrected chi connectivity index (χ4v) is 4.03. The van der Waals surface area contributed by atoms with Gasteiger partial charge in [-0.15, -0.1) is 6.58 Å². The summed E-state index contributed by atoms with van der Waals surface area (Å²) < 4.78 is 16.7. The number of aromatic amines is 1. The minimum absolute atomic E-state index is 0.336. The Bertz CT molecular complexity index is 807. The Labute approximate surface area is 188 Å². The monoisotopic (exact) mass is 444 g/mol. The van der Waals surface area contributed by atoms with Gasteiger partial charge in [0.05, 0.1) is 25.2 Å². The number of aliphatic hydroxyl groups excluding tert-OH is 1. The van der Waals surface area contributed by atoms with E-state index in [1.807, 2.05) is 30.3 Å². The number of aliphatic hydroxyl groups is 1. The quantitative estimate of drug-likeness (QED) is 0.153. The summed E-state index contributed by atoms with van der Waals surface area (Å²) >= 11 is 1.45. The molecule has 168 valence electrons. The van der Waals surface area contributed by atoms with Crippen LogP contribution >= 0.6 is 11.8 Å². The van der Waals surface area contributed by atoms with Crippen LogP contribution in [0.15, 0.2) is 63.4 Å². The lowest BCUT2D eigenvalue weighted by Crippen LogP contribution is -2.18. The van der Waals surface area contributed by atoms with Crippen molar-refractivity contribution >= 4 is 11.8 Å². The predicted molar refractivity (Wildman–Crippen MR) is 124 cm³/mol. The highest BCUT2D eigenvalue weighted by molar-refractivity contribution is 7.99. The number of ether oxygens (including phenoxy) is 1. The number of hydrogen-bond acceptors (Lipinski definition) is 6. The van der Waals surface area contributed by atoms with Gasteiger partial charge in [-0.3, -0.25) is 0 Å². The number of imidazole rings is 1.